The molecule has 2 atom stereocenters. The van der Waals surface area contributed by atoms with E-state index in [4.69, 9.17) is 4.74 Å². The molecular weight excluding hydrogens is 253 g/mol. The summed E-state index contributed by atoms with van der Waals surface area (Å²) in [6.07, 6.45) is -4.06. The average molecular weight is 268 g/mol. The fraction of sp³-hybridized carbons (Fsp3) is 0.800. The molecule has 0 radical (unpaired) electrons. The highest BCUT2D eigenvalue weighted by atomic mass is 19.4. The van der Waals surface area contributed by atoms with Gasteiger partial charge >= 0.3 is 18.1 Å². The van der Waals surface area contributed by atoms with E-state index in [1.54, 1.807) is 6.92 Å². The molecule has 1 aliphatic heterocycles. The Balaban J connectivity index is 2.65. The zero-order valence-corrected chi connectivity index (χ0v) is 9.84. The second-order valence-corrected chi connectivity index (χ2v) is 3.90. The maximum atomic E-state index is 12.1. The molecule has 0 spiro atoms. The number of ether oxygens (including phenoxy) is 1. The molecule has 0 aliphatic carbocycles. The molecular formula is C10H15F3N2O3. The Labute approximate surface area is 102 Å². The molecule has 1 fully saturated rings. The summed E-state index contributed by atoms with van der Waals surface area (Å²) < 4.78 is 41.1. The predicted octanol–water partition coefficient (Wildman–Crippen LogP) is 0.349. The van der Waals surface area contributed by atoms with Gasteiger partial charge in [-0.05, 0) is 26.3 Å². The first-order valence-electron chi connectivity index (χ1n) is 5.64. The Morgan fingerprint density at radius 3 is 2.67 bits per heavy atom. The standard InChI is InChI=1S/C10H15F3N2O3/c1-2-18-8(16)7-6(4-3-5-14-7)15-9(17)10(11,12)13/h6-7,14H,2-5H2,1H3,(H,15,17)/t6-,7+/m0/s1. The van der Waals surface area contributed by atoms with Crippen LogP contribution >= 0.6 is 0 Å². The molecule has 1 amide bonds. The zero-order valence-electron chi connectivity index (χ0n) is 9.84. The van der Waals surface area contributed by atoms with Gasteiger partial charge in [0.2, 0.25) is 0 Å². The largest absolute Gasteiger partial charge is 0.471 e. The van der Waals surface area contributed by atoms with E-state index in [1.165, 1.54) is 0 Å². The molecule has 1 heterocycles. The molecule has 0 aromatic rings. The second kappa shape index (κ2) is 6.03. The highest BCUT2D eigenvalue weighted by Crippen LogP contribution is 2.17. The van der Waals surface area contributed by atoms with Crippen LogP contribution < -0.4 is 10.6 Å². The number of nitrogens with one attached hydrogen (secondary N) is 2. The fourth-order valence-corrected chi connectivity index (χ4v) is 1.77. The van der Waals surface area contributed by atoms with Crippen LogP contribution in [0.25, 0.3) is 0 Å². The lowest BCUT2D eigenvalue weighted by atomic mass is 9.98. The fourth-order valence-electron chi connectivity index (χ4n) is 1.77. The number of piperidine rings is 1. The summed E-state index contributed by atoms with van der Waals surface area (Å²) in [6, 6.07) is -1.82. The number of hydrogen-bond donors (Lipinski definition) is 2. The van der Waals surface area contributed by atoms with Crippen molar-refractivity contribution < 1.29 is 27.5 Å². The molecule has 0 unspecified atom stereocenters. The van der Waals surface area contributed by atoms with E-state index in [0.29, 0.717) is 19.4 Å². The van der Waals surface area contributed by atoms with E-state index in [-0.39, 0.29) is 6.61 Å². The van der Waals surface area contributed by atoms with E-state index in [2.05, 4.69) is 5.32 Å². The van der Waals surface area contributed by atoms with Gasteiger partial charge in [-0.3, -0.25) is 9.59 Å². The van der Waals surface area contributed by atoms with Gasteiger partial charge < -0.3 is 15.4 Å². The molecule has 1 rings (SSSR count). The highest BCUT2D eigenvalue weighted by Gasteiger charge is 2.42. The predicted molar refractivity (Wildman–Crippen MR) is 55.6 cm³/mol. The number of halogens is 3. The van der Waals surface area contributed by atoms with Gasteiger partial charge in [0, 0.05) is 0 Å². The smallest absolute Gasteiger partial charge is 0.465 e. The quantitative estimate of drug-likeness (QED) is 0.725. The minimum absolute atomic E-state index is 0.136. The minimum Gasteiger partial charge on any atom is -0.465 e. The average Bonchev–Trinajstić information content (AvgIpc) is 2.28. The molecule has 18 heavy (non-hydrogen) atoms. The topological polar surface area (TPSA) is 67.4 Å². The SMILES string of the molecule is CCOC(=O)[C@@H]1NCCC[C@@H]1NC(=O)C(F)(F)F. The summed E-state index contributed by atoms with van der Waals surface area (Å²) in [5, 5.41) is 4.57. The van der Waals surface area contributed by atoms with Gasteiger partial charge in [0.05, 0.1) is 12.6 Å². The molecule has 0 saturated carbocycles. The third-order valence-corrected chi connectivity index (χ3v) is 2.57. The Kier molecular flexibility index (Phi) is 4.94. The van der Waals surface area contributed by atoms with Crippen LogP contribution in [0.5, 0.6) is 0 Å². The van der Waals surface area contributed by atoms with E-state index < -0.39 is 30.1 Å². The highest BCUT2D eigenvalue weighted by molar-refractivity contribution is 5.84. The van der Waals surface area contributed by atoms with Crippen molar-refractivity contribution in [3.63, 3.8) is 0 Å². The van der Waals surface area contributed by atoms with Crippen LogP contribution in [-0.2, 0) is 14.3 Å². The molecule has 1 saturated heterocycles. The normalized spacial score (nSPS) is 24.4. The van der Waals surface area contributed by atoms with Crippen molar-refractivity contribution in [2.75, 3.05) is 13.2 Å². The summed E-state index contributed by atoms with van der Waals surface area (Å²) in [6.45, 7) is 2.24. The van der Waals surface area contributed by atoms with Gasteiger partial charge in [-0.1, -0.05) is 0 Å². The monoisotopic (exact) mass is 268 g/mol. The van der Waals surface area contributed by atoms with Crippen LogP contribution in [0.3, 0.4) is 0 Å². The summed E-state index contributed by atoms with van der Waals surface area (Å²) in [4.78, 5) is 22.4. The van der Waals surface area contributed by atoms with Crippen LogP contribution in [0.1, 0.15) is 19.8 Å². The lowest BCUT2D eigenvalue weighted by molar-refractivity contribution is -0.175. The van der Waals surface area contributed by atoms with E-state index in [1.807, 2.05) is 5.32 Å². The summed E-state index contributed by atoms with van der Waals surface area (Å²) >= 11 is 0. The summed E-state index contributed by atoms with van der Waals surface area (Å²) in [5.41, 5.74) is 0. The molecule has 1 aliphatic rings. The molecule has 0 bridgehead atoms. The summed E-state index contributed by atoms with van der Waals surface area (Å²) in [5.74, 6) is -2.69. The first-order chi connectivity index (χ1) is 8.36. The van der Waals surface area contributed by atoms with Gasteiger partial charge in [-0.2, -0.15) is 13.2 Å². The number of amides is 1. The Morgan fingerprint density at radius 2 is 2.11 bits per heavy atom. The van der Waals surface area contributed by atoms with E-state index in [9.17, 15) is 22.8 Å². The number of alkyl halides is 3. The number of carbonyl (C=O) groups is 2. The van der Waals surface area contributed by atoms with E-state index in [0.717, 1.165) is 0 Å². The third kappa shape index (κ3) is 3.86. The van der Waals surface area contributed by atoms with Gasteiger partial charge in [0.25, 0.3) is 0 Å². The number of hydrogen-bond acceptors (Lipinski definition) is 4. The third-order valence-electron chi connectivity index (χ3n) is 2.57. The van der Waals surface area contributed by atoms with Crippen molar-refractivity contribution in [1.82, 2.24) is 10.6 Å². The molecule has 2 N–H and O–H groups in total. The molecule has 104 valence electrons. The maximum Gasteiger partial charge on any atom is 0.471 e. The van der Waals surface area contributed by atoms with Gasteiger partial charge in [-0.25, -0.2) is 0 Å². The number of rotatable bonds is 3. The maximum absolute atomic E-state index is 12.1. The second-order valence-electron chi connectivity index (χ2n) is 3.90. The van der Waals surface area contributed by atoms with Crippen LogP contribution in [0.2, 0.25) is 0 Å². The van der Waals surface area contributed by atoms with Gasteiger partial charge in [0.1, 0.15) is 6.04 Å². The van der Waals surface area contributed by atoms with Crippen molar-refractivity contribution >= 4 is 11.9 Å². The number of esters is 1. The van der Waals surface area contributed by atoms with Gasteiger partial charge in [0.15, 0.2) is 0 Å². The lowest BCUT2D eigenvalue weighted by Crippen LogP contribution is -2.59. The summed E-state index contributed by atoms with van der Waals surface area (Å²) in [7, 11) is 0. The first kappa shape index (κ1) is 14.7. The van der Waals surface area contributed by atoms with Crippen molar-refractivity contribution in [2.24, 2.45) is 0 Å². The van der Waals surface area contributed by atoms with Gasteiger partial charge in [-0.15, -0.1) is 0 Å². The van der Waals surface area contributed by atoms with Crippen LogP contribution in [0.4, 0.5) is 13.2 Å². The molecule has 8 heteroatoms. The van der Waals surface area contributed by atoms with E-state index >= 15 is 0 Å². The lowest BCUT2D eigenvalue weighted by Gasteiger charge is -2.31. The Bertz CT molecular complexity index is 320. The van der Waals surface area contributed by atoms with Crippen LogP contribution in [0, 0.1) is 0 Å². The Morgan fingerprint density at radius 1 is 1.44 bits per heavy atom. The molecule has 5 nitrogen and oxygen atoms in total. The van der Waals surface area contributed by atoms with Crippen molar-refractivity contribution in [3.05, 3.63) is 0 Å². The minimum atomic E-state index is -4.95. The first-order valence-corrected chi connectivity index (χ1v) is 5.64. The van der Waals surface area contributed by atoms with Crippen LogP contribution in [0.15, 0.2) is 0 Å². The molecule has 0 aromatic carbocycles. The zero-order chi connectivity index (χ0) is 13.8. The van der Waals surface area contributed by atoms with Crippen molar-refractivity contribution in [1.29, 1.82) is 0 Å². The van der Waals surface area contributed by atoms with Crippen molar-refractivity contribution in [3.8, 4) is 0 Å². The molecule has 0 aromatic heterocycles. The van der Waals surface area contributed by atoms with Crippen molar-refractivity contribution in [2.45, 2.75) is 38.0 Å². The number of carbonyl (C=O) groups excluding carboxylic acids is 2. The Hall–Kier alpha value is -1.31. The van der Waals surface area contributed by atoms with Crippen LogP contribution in [-0.4, -0.2) is 43.3 Å².